The van der Waals surface area contributed by atoms with Crippen molar-refractivity contribution < 1.29 is 9.18 Å². The number of carbonyl (C=O) groups excluding carboxylic acids is 1. The van der Waals surface area contributed by atoms with E-state index in [1.54, 1.807) is 0 Å². The molecule has 0 spiro atoms. The summed E-state index contributed by atoms with van der Waals surface area (Å²) < 4.78 is 13.6. The lowest BCUT2D eigenvalue weighted by atomic mass is 10.1. The molecule has 0 fully saturated rings. The summed E-state index contributed by atoms with van der Waals surface area (Å²) in [5.41, 5.74) is 0.987. The van der Waals surface area contributed by atoms with Gasteiger partial charge in [-0.3, -0.25) is 9.78 Å². The fourth-order valence-corrected chi connectivity index (χ4v) is 2.08. The molecule has 0 saturated carbocycles. The molecule has 1 amide bonds. The summed E-state index contributed by atoms with van der Waals surface area (Å²) in [6.45, 7) is 0.755. The predicted octanol–water partition coefficient (Wildman–Crippen LogP) is 3.10. The van der Waals surface area contributed by atoms with Gasteiger partial charge in [0, 0.05) is 25.2 Å². The number of halogens is 2. The molecule has 2 aromatic rings. The van der Waals surface area contributed by atoms with E-state index < -0.39 is 5.82 Å². The van der Waals surface area contributed by atoms with Crippen LogP contribution in [0.2, 0.25) is 0 Å². The van der Waals surface area contributed by atoms with Gasteiger partial charge in [0.15, 0.2) is 5.82 Å². The molecule has 0 unspecified atom stereocenters. The van der Waals surface area contributed by atoms with Gasteiger partial charge >= 0.3 is 0 Å². The Hall–Kier alpha value is -1.94. The number of carbonyl (C=O) groups is 1. The average molecular weight is 293 g/mol. The number of hydrogen-bond acceptors (Lipinski definition) is 2. The van der Waals surface area contributed by atoms with Crippen LogP contribution in [0.15, 0.2) is 48.8 Å². The lowest BCUT2D eigenvalue weighted by molar-refractivity contribution is 0.0749. The summed E-state index contributed by atoms with van der Waals surface area (Å²) in [5, 5.41) is 0. The first kappa shape index (κ1) is 14.5. The topological polar surface area (TPSA) is 33.2 Å². The third kappa shape index (κ3) is 3.54. The third-order valence-electron chi connectivity index (χ3n) is 2.86. The first-order valence-electron chi connectivity index (χ1n) is 6.21. The van der Waals surface area contributed by atoms with Crippen molar-refractivity contribution in [3.05, 3.63) is 65.7 Å². The first-order valence-corrected chi connectivity index (χ1v) is 6.74. The lowest BCUT2D eigenvalue weighted by Crippen LogP contribution is -2.32. The molecular weight excluding hydrogens is 279 g/mol. The Kier molecular flexibility index (Phi) is 5.07. The monoisotopic (exact) mass is 292 g/mol. The number of pyridine rings is 1. The van der Waals surface area contributed by atoms with E-state index in [0.717, 1.165) is 11.8 Å². The zero-order chi connectivity index (χ0) is 14.4. The minimum absolute atomic E-state index is 0.0149. The SMILES string of the molecule is O=C(c1ccncc1F)N(CCCl)Cc1ccccc1. The molecule has 0 aliphatic heterocycles. The Morgan fingerprint density at radius 2 is 2.00 bits per heavy atom. The van der Waals surface area contributed by atoms with Crippen LogP contribution >= 0.6 is 11.6 Å². The molecule has 0 bridgehead atoms. The van der Waals surface area contributed by atoms with Crippen LogP contribution in [0.1, 0.15) is 15.9 Å². The van der Waals surface area contributed by atoms with Gasteiger partial charge in [0.25, 0.3) is 5.91 Å². The maximum Gasteiger partial charge on any atom is 0.257 e. The summed E-state index contributed by atoms with van der Waals surface area (Å²) in [6.07, 6.45) is 2.44. The molecule has 0 aliphatic carbocycles. The standard InChI is InChI=1S/C15H14ClFN2O/c16-7-9-19(11-12-4-2-1-3-5-12)15(20)13-6-8-18-10-14(13)17/h1-6,8,10H,7,9,11H2. The highest BCUT2D eigenvalue weighted by Crippen LogP contribution is 2.12. The fraction of sp³-hybridized carbons (Fsp3) is 0.200. The van der Waals surface area contributed by atoms with E-state index >= 15 is 0 Å². The van der Waals surface area contributed by atoms with Gasteiger partial charge in [-0.2, -0.15) is 0 Å². The zero-order valence-corrected chi connectivity index (χ0v) is 11.6. The van der Waals surface area contributed by atoms with Gasteiger partial charge in [-0.1, -0.05) is 30.3 Å². The zero-order valence-electron chi connectivity index (χ0n) is 10.8. The van der Waals surface area contributed by atoms with E-state index in [4.69, 9.17) is 11.6 Å². The molecule has 0 saturated heterocycles. The average Bonchev–Trinajstić information content (AvgIpc) is 2.48. The molecule has 5 heteroatoms. The van der Waals surface area contributed by atoms with Crippen LogP contribution in [0.4, 0.5) is 4.39 Å². The molecule has 1 heterocycles. The second kappa shape index (κ2) is 7.01. The van der Waals surface area contributed by atoms with Crippen LogP contribution in [0.5, 0.6) is 0 Å². The van der Waals surface area contributed by atoms with Crippen LogP contribution in [-0.2, 0) is 6.54 Å². The number of alkyl halides is 1. The van der Waals surface area contributed by atoms with Crippen LogP contribution < -0.4 is 0 Å². The Labute approximate surface area is 122 Å². The van der Waals surface area contributed by atoms with Crippen LogP contribution in [0, 0.1) is 5.82 Å². The molecular formula is C15H14ClFN2O. The lowest BCUT2D eigenvalue weighted by Gasteiger charge is -2.22. The van der Waals surface area contributed by atoms with Crippen molar-refractivity contribution >= 4 is 17.5 Å². The fourth-order valence-electron chi connectivity index (χ4n) is 1.88. The highest BCUT2D eigenvalue weighted by molar-refractivity contribution is 6.18. The molecule has 104 valence electrons. The van der Waals surface area contributed by atoms with E-state index in [1.165, 1.54) is 17.2 Å². The first-order chi connectivity index (χ1) is 9.72. The molecule has 0 radical (unpaired) electrons. The second-order valence-electron chi connectivity index (χ2n) is 4.26. The number of aromatic nitrogens is 1. The molecule has 1 aromatic heterocycles. The molecule has 20 heavy (non-hydrogen) atoms. The molecule has 2 rings (SSSR count). The molecule has 1 aromatic carbocycles. The largest absolute Gasteiger partial charge is 0.333 e. The van der Waals surface area contributed by atoms with Crippen LogP contribution in [-0.4, -0.2) is 28.2 Å². The summed E-state index contributed by atoms with van der Waals surface area (Å²) >= 11 is 5.73. The molecule has 0 N–H and O–H groups in total. The van der Waals surface area contributed by atoms with Crippen molar-refractivity contribution in [1.82, 2.24) is 9.88 Å². The summed E-state index contributed by atoms with van der Waals surface area (Å²) in [6, 6.07) is 10.9. The quantitative estimate of drug-likeness (QED) is 0.794. The van der Waals surface area contributed by atoms with E-state index in [1.807, 2.05) is 30.3 Å². The maximum absolute atomic E-state index is 13.6. The van der Waals surface area contributed by atoms with Gasteiger partial charge in [-0.05, 0) is 11.6 Å². The minimum Gasteiger partial charge on any atom is -0.333 e. The predicted molar refractivity (Wildman–Crippen MR) is 76.1 cm³/mol. The molecule has 0 atom stereocenters. The van der Waals surface area contributed by atoms with Gasteiger partial charge in [-0.25, -0.2) is 4.39 Å². The van der Waals surface area contributed by atoms with Crippen molar-refractivity contribution in [3.63, 3.8) is 0 Å². The van der Waals surface area contributed by atoms with E-state index in [9.17, 15) is 9.18 Å². The van der Waals surface area contributed by atoms with Crippen molar-refractivity contribution in [2.75, 3.05) is 12.4 Å². The Morgan fingerprint density at radius 3 is 2.65 bits per heavy atom. The Morgan fingerprint density at radius 1 is 1.25 bits per heavy atom. The van der Waals surface area contributed by atoms with Gasteiger partial charge in [0.05, 0.1) is 11.8 Å². The van der Waals surface area contributed by atoms with Crippen molar-refractivity contribution in [2.24, 2.45) is 0 Å². The third-order valence-corrected chi connectivity index (χ3v) is 3.03. The maximum atomic E-state index is 13.6. The van der Waals surface area contributed by atoms with Crippen molar-refractivity contribution in [1.29, 1.82) is 0 Å². The van der Waals surface area contributed by atoms with Gasteiger partial charge in [0.2, 0.25) is 0 Å². The molecule has 3 nitrogen and oxygen atoms in total. The highest BCUT2D eigenvalue weighted by Gasteiger charge is 2.19. The number of amides is 1. The minimum atomic E-state index is -0.620. The smallest absolute Gasteiger partial charge is 0.257 e. The van der Waals surface area contributed by atoms with Gasteiger partial charge < -0.3 is 4.90 Å². The summed E-state index contributed by atoms with van der Waals surface area (Å²) in [4.78, 5) is 17.5. The van der Waals surface area contributed by atoms with E-state index in [2.05, 4.69) is 4.98 Å². The second-order valence-corrected chi connectivity index (χ2v) is 4.63. The van der Waals surface area contributed by atoms with E-state index in [0.29, 0.717) is 19.0 Å². The van der Waals surface area contributed by atoms with Crippen LogP contribution in [0.25, 0.3) is 0 Å². The molecule has 0 aliphatic rings. The van der Waals surface area contributed by atoms with Gasteiger partial charge in [0.1, 0.15) is 0 Å². The van der Waals surface area contributed by atoms with Crippen molar-refractivity contribution in [2.45, 2.75) is 6.54 Å². The summed E-state index contributed by atoms with van der Waals surface area (Å²) in [7, 11) is 0. The van der Waals surface area contributed by atoms with Gasteiger partial charge in [-0.15, -0.1) is 11.6 Å². The number of nitrogens with zero attached hydrogens (tertiary/aromatic N) is 2. The van der Waals surface area contributed by atoms with Crippen LogP contribution in [0.3, 0.4) is 0 Å². The van der Waals surface area contributed by atoms with Crippen molar-refractivity contribution in [3.8, 4) is 0 Å². The normalized spacial score (nSPS) is 10.3. The Bertz CT molecular complexity index is 577. The Balaban J connectivity index is 2.20. The summed E-state index contributed by atoms with van der Waals surface area (Å²) in [5.74, 6) is -0.704. The number of benzene rings is 1. The highest BCUT2D eigenvalue weighted by atomic mass is 35.5. The number of rotatable bonds is 5. The number of hydrogen-bond donors (Lipinski definition) is 0. The van der Waals surface area contributed by atoms with E-state index in [-0.39, 0.29) is 11.5 Å².